The van der Waals surface area contributed by atoms with Crippen LogP contribution < -0.4 is 5.32 Å². The second kappa shape index (κ2) is 6.39. The summed E-state index contributed by atoms with van der Waals surface area (Å²) < 4.78 is 5.36. The van der Waals surface area contributed by atoms with Gasteiger partial charge in [-0.2, -0.15) is 0 Å². The number of rotatable bonds is 4. The van der Waals surface area contributed by atoms with Gasteiger partial charge in [0.25, 0.3) is 0 Å². The van der Waals surface area contributed by atoms with E-state index in [9.17, 15) is 0 Å². The van der Waals surface area contributed by atoms with E-state index in [1.807, 2.05) is 18.2 Å². The van der Waals surface area contributed by atoms with Gasteiger partial charge < -0.3 is 10.1 Å². The Morgan fingerprint density at radius 3 is 2.76 bits per heavy atom. The number of ether oxygens (including phenoxy) is 1. The lowest BCUT2D eigenvalue weighted by atomic mass is 9.99. The maximum absolute atomic E-state index is 6.18. The third-order valence-corrected chi connectivity index (χ3v) is 3.77. The van der Waals surface area contributed by atoms with Crippen LogP contribution in [0.1, 0.15) is 31.4 Å². The molecule has 0 aromatic heterocycles. The highest BCUT2D eigenvalue weighted by atomic mass is 35.5. The quantitative estimate of drug-likeness (QED) is 0.888. The summed E-state index contributed by atoms with van der Waals surface area (Å²) >= 11 is 6.18. The Morgan fingerprint density at radius 2 is 2.06 bits per heavy atom. The maximum atomic E-state index is 6.18. The molecule has 0 radical (unpaired) electrons. The Kier molecular flexibility index (Phi) is 4.84. The summed E-state index contributed by atoms with van der Waals surface area (Å²) in [6.45, 7) is 5.04. The molecule has 0 spiro atoms. The van der Waals surface area contributed by atoms with E-state index >= 15 is 0 Å². The fourth-order valence-corrected chi connectivity index (χ4v) is 2.53. The van der Waals surface area contributed by atoms with Gasteiger partial charge >= 0.3 is 0 Å². The summed E-state index contributed by atoms with van der Waals surface area (Å²) in [4.78, 5) is 0. The summed E-state index contributed by atoms with van der Waals surface area (Å²) in [6, 6.07) is 8.35. The van der Waals surface area contributed by atoms with E-state index in [4.69, 9.17) is 16.3 Å². The maximum Gasteiger partial charge on any atom is 0.0469 e. The second-order valence-electron chi connectivity index (χ2n) is 4.71. The first-order valence-corrected chi connectivity index (χ1v) is 6.70. The summed E-state index contributed by atoms with van der Waals surface area (Å²) in [5.74, 6) is 0.744. The van der Waals surface area contributed by atoms with Crippen LogP contribution in [0.5, 0.6) is 0 Å². The average molecular weight is 254 g/mol. The first-order valence-electron chi connectivity index (χ1n) is 6.33. The highest BCUT2D eigenvalue weighted by Crippen LogP contribution is 2.23. The second-order valence-corrected chi connectivity index (χ2v) is 5.11. The fraction of sp³-hybridized carbons (Fsp3) is 0.571. The smallest absolute Gasteiger partial charge is 0.0469 e. The molecule has 1 saturated heterocycles. The van der Waals surface area contributed by atoms with Crippen molar-refractivity contribution >= 4 is 11.6 Å². The Labute approximate surface area is 108 Å². The number of nitrogens with one attached hydrogen (secondary N) is 1. The SMILES string of the molecule is C[C@H](NCC1CCOCC1)c1ccccc1Cl. The minimum atomic E-state index is 0.312. The van der Waals surface area contributed by atoms with Crippen LogP contribution in [-0.2, 0) is 4.74 Å². The lowest BCUT2D eigenvalue weighted by Crippen LogP contribution is -2.29. The fourth-order valence-electron chi connectivity index (χ4n) is 2.23. The highest BCUT2D eigenvalue weighted by Gasteiger charge is 2.15. The minimum Gasteiger partial charge on any atom is -0.381 e. The molecule has 1 heterocycles. The van der Waals surface area contributed by atoms with Crippen molar-refractivity contribution < 1.29 is 4.74 Å². The van der Waals surface area contributed by atoms with Crippen molar-refractivity contribution in [1.29, 1.82) is 0 Å². The van der Waals surface area contributed by atoms with Gasteiger partial charge in [-0.05, 0) is 43.9 Å². The van der Waals surface area contributed by atoms with Crippen molar-refractivity contribution in [2.24, 2.45) is 5.92 Å². The van der Waals surface area contributed by atoms with E-state index < -0.39 is 0 Å². The summed E-state index contributed by atoms with van der Waals surface area (Å²) in [5, 5.41) is 4.42. The lowest BCUT2D eigenvalue weighted by Gasteiger charge is -2.24. The van der Waals surface area contributed by atoms with Gasteiger partial charge in [-0.1, -0.05) is 29.8 Å². The van der Waals surface area contributed by atoms with Crippen LogP contribution in [0.4, 0.5) is 0 Å². The van der Waals surface area contributed by atoms with Crippen molar-refractivity contribution in [3.8, 4) is 0 Å². The van der Waals surface area contributed by atoms with Crippen molar-refractivity contribution in [1.82, 2.24) is 5.32 Å². The van der Waals surface area contributed by atoms with Gasteiger partial charge in [-0.15, -0.1) is 0 Å². The molecule has 0 amide bonds. The number of benzene rings is 1. The largest absolute Gasteiger partial charge is 0.381 e. The Hall–Kier alpha value is -0.570. The third kappa shape index (κ3) is 3.70. The van der Waals surface area contributed by atoms with Crippen LogP contribution >= 0.6 is 11.6 Å². The van der Waals surface area contributed by atoms with Gasteiger partial charge in [0.2, 0.25) is 0 Å². The van der Waals surface area contributed by atoms with Gasteiger partial charge in [0.15, 0.2) is 0 Å². The summed E-state index contributed by atoms with van der Waals surface area (Å²) in [6.07, 6.45) is 2.34. The topological polar surface area (TPSA) is 21.3 Å². The molecule has 0 saturated carbocycles. The van der Waals surface area contributed by atoms with Crippen LogP contribution in [0.3, 0.4) is 0 Å². The zero-order valence-corrected chi connectivity index (χ0v) is 11.0. The van der Waals surface area contributed by atoms with E-state index in [-0.39, 0.29) is 0 Å². The van der Waals surface area contributed by atoms with Gasteiger partial charge in [0.1, 0.15) is 0 Å². The van der Waals surface area contributed by atoms with E-state index in [1.165, 1.54) is 18.4 Å². The molecule has 0 aliphatic carbocycles. The zero-order valence-electron chi connectivity index (χ0n) is 10.3. The molecule has 1 atom stereocenters. The van der Waals surface area contributed by atoms with Crippen molar-refractivity contribution in [3.05, 3.63) is 34.9 Å². The number of hydrogen-bond donors (Lipinski definition) is 1. The molecule has 1 fully saturated rings. The molecule has 94 valence electrons. The van der Waals surface area contributed by atoms with Crippen LogP contribution in [0.2, 0.25) is 5.02 Å². The molecule has 1 aromatic carbocycles. The third-order valence-electron chi connectivity index (χ3n) is 3.43. The average Bonchev–Trinajstić information content (AvgIpc) is 2.38. The van der Waals surface area contributed by atoms with E-state index in [1.54, 1.807) is 0 Å². The monoisotopic (exact) mass is 253 g/mol. The molecule has 1 aliphatic rings. The predicted molar refractivity (Wildman–Crippen MR) is 71.4 cm³/mol. The molecule has 1 N–H and O–H groups in total. The van der Waals surface area contributed by atoms with Crippen LogP contribution in [-0.4, -0.2) is 19.8 Å². The minimum absolute atomic E-state index is 0.312. The van der Waals surface area contributed by atoms with Crippen molar-refractivity contribution in [3.63, 3.8) is 0 Å². The zero-order chi connectivity index (χ0) is 12.1. The molecule has 1 aromatic rings. The van der Waals surface area contributed by atoms with E-state index in [0.717, 1.165) is 30.7 Å². The first kappa shape index (κ1) is 12.9. The first-order chi connectivity index (χ1) is 8.27. The lowest BCUT2D eigenvalue weighted by molar-refractivity contribution is 0.0656. The van der Waals surface area contributed by atoms with Gasteiger partial charge in [0, 0.05) is 24.3 Å². The molecule has 3 heteroatoms. The molecule has 17 heavy (non-hydrogen) atoms. The Morgan fingerprint density at radius 1 is 1.35 bits per heavy atom. The molecule has 0 bridgehead atoms. The number of halogens is 1. The summed E-state index contributed by atoms with van der Waals surface area (Å²) in [5.41, 5.74) is 1.18. The molecule has 0 unspecified atom stereocenters. The standard InChI is InChI=1S/C14H20ClNO/c1-11(13-4-2-3-5-14(13)15)16-10-12-6-8-17-9-7-12/h2-5,11-12,16H,6-10H2,1H3/t11-/m0/s1. The van der Waals surface area contributed by atoms with Gasteiger partial charge in [-0.25, -0.2) is 0 Å². The molecular formula is C14H20ClNO. The van der Waals surface area contributed by atoms with Gasteiger partial charge in [-0.3, -0.25) is 0 Å². The predicted octanol–water partition coefficient (Wildman–Crippen LogP) is 3.42. The Bertz CT molecular complexity index is 350. The van der Waals surface area contributed by atoms with Crippen LogP contribution in [0, 0.1) is 5.92 Å². The normalized spacial score (nSPS) is 19.2. The van der Waals surface area contributed by atoms with Crippen LogP contribution in [0.15, 0.2) is 24.3 Å². The van der Waals surface area contributed by atoms with Crippen molar-refractivity contribution in [2.45, 2.75) is 25.8 Å². The van der Waals surface area contributed by atoms with Crippen LogP contribution in [0.25, 0.3) is 0 Å². The summed E-state index contributed by atoms with van der Waals surface area (Å²) in [7, 11) is 0. The van der Waals surface area contributed by atoms with Crippen molar-refractivity contribution in [2.75, 3.05) is 19.8 Å². The number of hydrogen-bond acceptors (Lipinski definition) is 2. The molecular weight excluding hydrogens is 234 g/mol. The van der Waals surface area contributed by atoms with Gasteiger partial charge in [0.05, 0.1) is 0 Å². The van der Waals surface area contributed by atoms with E-state index in [2.05, 4.69) is 18.3 Å². The highest BCUT2D eigenvalue weighted by molar-refractivity contribution is 6.31. The molecule has 2 nitrogen and oxygen atoms in total. The molecule has 1 aliphatic heterocycles. The van der Waals surface area contributed by atoms with E-state index in [0.29, 0.717) is 6.04 Å². The molecule has 2 rings (SSSR count). The Balaban J connectivity index is 1.84.